The van der Waals surface area contributed by atoms with Crippen LogP contribution in [0.15, 0.2) is 18.2 Å². The number of benzene rings is 1. The van der Waals surface area contributed by atoms with Crippen molar-refractivity contribution in [3.05, 3.63) is 29.6 Å². The van der Waals surface area contributed by atoms with Gasteiger partial charge in [-0.05, 0) is 17.7 Å². The summed E-state index contributed by atoms with van der Waals surface area (Å²) in [6.45, 7) is 4.23. The molecule has 0 amide bonds. The molecule has 0 saturated carbocycles. The van der Waals surface area contributed by atoms with E-state index in [-0.39, 0.29) is 0 Å². The van der Waals surface area contributed by atoms with Crippen LogP contribution in [0.5, 0.6) is 0 Å². The van der Waals surface area contributed by atoms with Crippen molar-refractivity contribution in [1.82, 2.24) is 9.55 Å². The van der Waals surface area contributed by atoms with Crippen molar-refractivity contribution >= 4 is 11.0 Å². The van der Waals surface area contributed by atoms with Gasteiger partial charge in [-0.25, -0.2) is 4.98 Å². The Morgan fingerprint density at radius 1 is 1.41 bits per heavy atom. The topological polar surface area (TPSA) is 53.1 Å². The van der Waals surface area contributed by atoms with E-state index >= 15 is 0 Å². The second-order valence-electron chi connectivity index (χ2n) is 4.05. The minimum absolute atomic E-state index is 0.558. The van der Waals surface area contributed by atoms with Crippen molar-refractivity contribution in [2.75, 3.05) is 13.7 Å². The van der Waals surface area contributed by atoms with Crippen LogP contribution in [-0.4, -0.2) is 23.3 Å². The first-order valence-electron chi connectivity index (χ1n) is 5.97. The van der Waals surface area contributed by atoms with Crippen LogP contribution in [0, 0.1) is 0 Å². The second-order valence-corrected chi connectivity index (χ2v) is 4.05. The van der Waals surface area contributed by atoms with Crippen molar-refractivity contribution in [1.29, 1.82) is 0 Å². The zero-order valence-corrected chi connectivity index (χ0v) is 10.4. The molecule has 4 nitrogen and oxygen atoms in total. The number of methoxy groups -OCH3 is 1. The molecule has 1 heterocycles. The fourth-order valence-electron chi connectivity index (χ4n) is 2.05. The zero-order valence-electron chi connectivity index (χ0n) is 10.4. The molecule has 0 atom stereocenters. The molecule has 0 radical (unpaired) electrons. The van der Waals surface area contributed by atoms with Gasteiger partial charge in [-0.3, -0.25) is 0 Å². The van der Waals surface area contributed by atoms with E-state index in [1.54, 1.807) is 7.11 Å². The highest BCUT2D eigenvalue weighted by Gasteiger charge is 2.09. The van der Waals surface area contributed by atoms with E-state index in [2.05, 4.69) is 34.7 Å². The van der Waals surface area contributed by atoms with E-state index in [9.17, 15) is 0 Å². The van der Waals surface area contributed by atoms with E-state index in [1.807, 2.05) is 0 Å². The molecule has 17 heavy (non-hydrogen) atoms. The molecule has 1 aromatic heterocycles. The SMILES string of the molecule is CCc1nc2cc(CN)ccc2n1CCOC. The van der Waals surface area contributed by atoms with Crippen LogP contribution in [0.4, 0.5) is 0 Å². The quantitative estimate of drug-likeness (QED) is 0.855. The molecule has 0 aliphatic rings. The van der Waals surface area contributed by atoms with E-state index in [1.165, 1.54) is 0 Å². The van der Waals surface area contributed by atoms with Crippen LogP contribution < -0.4 is 5.73 Å². The first kappa shape index (κ1) is 12.1. The van der Waals surface area contributed by atoms with Crippen molar-refractivity contribution in [3.63, 3.8) is 0 Å². The molecular formula is C13H19N3O. The number of nitrogens with zero attached hydrogens (tertiary/aromatic N) is 2. The third kappa shape index (κ3) is 2.33. The Kier molecular flexibility index (Phi) is 3.76. The fraction of sp³-hybridized carbons (Fsp3) is 0.462. The van der Waals surface area contributed by atoms with Gasteiger partial charge in [0.05, 0.1) is 17.6 Å². The minimum atomic E-state index is 0.558. The maximum atomic E-state index is 5.64. The number of rotatable bonds is 5. The Morgan fingerprint density at radius 2 is 2.24 bits per heavy atom. The average Bonchev–Trinajstić information content (AvgIpc) is 2.72. The Labute approximate surface area is 101 Å². The van der Waals surface area contributed by atoms with E-state index < -0.39 is 0 Å². The van der Waals surface area contributed by atoms with Gasteiger partial charge in [-0.2, -0.15) is 0 Å². The van der Waals surface area contributed by atoms with Gasteiger partial charge in [-0.1, -0.05) is 13.0 Å². The first-order chi connectivity index (χ1) is 8.30. The van der Waals surface area contributed by atoms with Gasteiger partial charge in [0, 0.05) is 26.6 Å². The van der Waals surface area contributed by atoms with Crippen molar-refractivity contribution in [2.24, 2.45) is 5.73 Å². The average molecular weight is 233 g/mol. The number of nitrogens with two attached hydrogens (primary N) is 1. The smallest absolute Gasteiger partial charge is 0.109 e. The lowest BCUT2D eigenvalue weighted by molar-refractivity contribution is 0.187. The molecule has 0 unspecified atom stereocenters. The van der Waals surface area contributed by atoms with Gasteiger partial charge in [0.2, 0.25) is 0 Å². The van der Waals surface area contributed by atoms with Crippen molar-refractivity contribution < 1.29 is 4.74 Å². The van der Waals surface area contributed by atoms with Crippen LogP contribution in [0.25, 0.3) is 11.0 Å². The number of hydrogen-bond donors (Lipinski definition) is 1. The predicted octanol–water partition coefficient (Wildman–Crippen LogP) is 1.70. The van der Waals surface area contributed by atoms with Gasteiger partial charge in [-0.15, -0.1) is 0 Å². The molecular weight excluding hydrogens is 214 g/mol. The van der Waals surface area contributed by atoms with Crippen LogP contribution >= 0.6 is 0 Å². The Bertz CT molecular complexity index is 505. The normalized spacial score (nSPS) is 11.2. The number of aromatic nitrogens is 2. The summed E-state index contributed by atoms with van der Waals surface area (Å²) in [5.74, 6) is 1.10. The Morgan fingerprint density at radius 3 is 2.88 bits per heavy atom. The van der Waals surface area contributed by atoms with E-state index in [0.717, 1.165) is 35.4 Å². The molecule has 1 aromatic carbocycles. The molecule has 2 N–H and O–H groups in total. The summed E-state index contributed by atoms with van der Waals surface area (Å²) in [6.07, 6.45) is 0.927. The summed E-state index contributed by atoms with van der Waals surface area (Å²) in [5.41, 5.74) is 8.96. The van der Waals surface area contributed by atoms with Crippen molar-refractivity contribution in [3.8, 4) is 0 Å². The summed E-state index contributed by atoms with van der Waals surface area (Å²) in [6, 6.07) is 6.23. The molecule has 0 fully saturated rings. The Hall–Kier alpha value is -1.39. The number of imidazole rings is 1. The van der Waals surface area contributed by atoms with Crippen LogP contribution in [0.3, 0.4) is 0 Å². The highest BCUT2D eigenvalue weighted by atomic mass is 16.5. The van der Waals surface area contributed by atoms with Gasteiger partial charge in [0.1, 0.15) is 5.82 Å². The molecule has 4 heteroatoms. The lowest BCUT2D eigenvalue weighted by Crippen LogP contribution is -2.07. The standard InChI is InChI=1S/C13H19N3O/c1-3-13-15-11-8-10(9-14)4-5-12(11)16(13)6-7-17-2/h4-5,8H,3,6-7,9,14H2,1-2H3. The maximum Gasteiger partial charge on any atom is 0.109 e. The molecule has 0 saturated heterocycles. The monoisotopic (exact) mass is 233 g/mol. The molecule has 92 valence electrons. The summed E-state index contributed by atoms with van der Waals surface area (Å²) in [7, 11) is 1.72. The third-order valence-corrected chi connectivity index (χ3v) is 2.96. The number of hydrogen-bond acceptors (Lipinski definition) is 3. The number of fused-ring (bicyclic) bond motifs is 1. The summed E-state index contributed by atoms with van der Waals surface area (Å²) in [5, 5.41) is 0. The third-order valence-electron chi connectivity index (χ3n) is 2.96. The highest BCUT2D eigenvalue weighted by Crippen LogP contribution is 2.18. The van der Waals surface area contributed by atoms with E-state index in [4.69, 9.17) is 10.5 Å². The highest BCUT2D eigenvalue weighted by molar-refractivity contribution is 5.77. The molecule has 0 spiro atoms. The molecule has 0 aliphatic heterocycles. The Balaban J connectivity index is 2.47. The van der Waals surface area contributed by atoms with Crippen molar-refractivity contribution in [2.45, 2.75) is 26.4 Å². The van der Waals surface area contributed by atoms with Gasteiger partial charge in [0.25, 0.3) is 0 Å². The minimum Gasteiger partial charge on any atom is -0.383 e. The number of aryl methyl sites for hydroxylation is 1. The maximum absolute atomic E-state index is 5.64. The van der Waals surface area contributed by atoms with Gasteiger partial charge in [0.15, 0.2) is 0 Å². The first-order valence-corrected chi connectivity index (χ1v) is 5.97. The van der Waals surface area contributed by atoms with Gasteiger partial charge >= 0.3 is 0 Å². The van der Waals surface area contributed by atoms with Gasteiger partial charge < -0.3 is 15.0 Å². The predicted molar refractivity (Wildman–Crippen MR) is 68.9 cm³/mol. The molecule has 2 rings (SSSR count). The van der Waals surface area contributed by atoms with Crippen LogP contribution in [0.1, 0.15) is 18.3 Å². The summed E-state index contributed by atoms with van der Waals surface area (Å²) < 4.78 is 7.36. The largest absolute Gasteiger partial charge is 0.383 e. The van der Waals surface area contributed by atoms with Crippen LogP contribution in [0.2, 0.25) is 0 Å². The molecule has 0 aliphatic carbocycles. The lowest BCUT2D eigenvalue weighted by atomic mass is 10.2. The fourth-order valence-corrected chi connectivity index (χ4v) is 2.05. The van der Waals surface area contributed by atoms with Crippen LogP contribution in [-0.2, 0) is 24.2 Å². The summed E-state index contributed by atoms with van der Waals surface area (Å²) >= 11 is 0. The molecule has 0 bridgehead atoms. The molecule has 2 aromatic rings. The summed E-state index contributed by atoms with van der Waals surface area (Å²) in [4.78, 5) is 4.64. The lowest BCUT2D eigenvalue weighted by Gasteiger charge is -2.07. The van der Waals surface area contributed by atoms with E-state index in [0.29, 0.717) is 13.2 Å². The zero-order chi connectivity index (χ0) is 12.3. The second kappa shape index (κ2) is 5.29. The number of ether oxygens (including phenoxy) is 1.